The van der Waals surface area contributed by atoms with Gasteiger partial charge in [0.1, 0.15) is 16.7 Å². The molecule has 7 rings (SSSR count). The van der Waals surface area contributed by atoms with Crippen molar-refractivity contribution in [3.05, 3.63) is 72.8 Å². The Kier molecular flexibility index (Phi) is 5.05. The maximum absolute atomic E-state index is 10.4. The van der Waals surface area contributed by atoms with Gasteiger partial charge in [-0.2, -0.15) is 0 Å². The van der Waals surface area contributed by atoms with Gasteiger partial charge in [0, 0.05) is 37.0 Å². The Morgan fingerprint density at radius 3 is 2.42 bits per heavy atom. The summed E-state index contributed by atoms with van der Waals surface area (Å²) in [6, 6.07) is 24.8. The maximum Gasteiger partial charge on any atom is 0.309 e. The number of benzene rings is 4. The van der Waals surface area contributed by atoms with Crippen LogP contribution in [0.25, 0.3) is 64.7 Å². The standard InChI is InChI=1S/C31H26BNO4S/c1-30(2,34)31(3,4)37-32-17-12-13-24-21(14-17)22-15-23-26(16-25(22)35-24)36-29(33-23)20-10-7-9-19-18-8-5-6-11-27(18)38-28(19)20/h5-16,32,34H,1-4H3. The molecule has 3 aromatic heterocycles. The van der Waals surface area contributed by atoms with Gasteiger partial charge in [-0.05, 0) is 52.0 Å². The second-order valence-electron chi connectivity index (χ2n) is 10.9. The topological polar surface area (TPSA) is 68.6 Å². The molecule has 4 aromatic carbocycles. The largest absolute Gasteiger partial charge is 0.456 e. The van der Waals surface area contributed by atoms with E-state index in [0.29, 0.717) is 19.0 Å². The number of fused-ring (bicyclic) bond motifs is 7. The molecule has 188 valence electrons. The van der Waals surface area contributed by atoms with Crippen LogP contribution < -0.4 is 5.46 Å². The van der Waals surface area contributed by atoms with Gasteiger partial charge >= 0.3 is 7.48 Å². The fourth-order valence-corrected chi connectivity index (χ4v) is 6.01. The third kappa shape index (κ3) is 3.65. The Morgan fingerprint density at radius 2 is 1.58 bits per heavy atom. The number of oxazole rings is 1. The van der Waals surface area contributed by atoms with E-state index in [0.717, 1.165) is 38.5 Å². The summed E-state index contributed by atoms with van der Waals surface area (Å²) in [7, 11) is 0.384. The van der Waals surface area contributed by atoms with Crippen molar-refractivity contribution in [2.45, 2.75) is 38.9 Å². The van der Waals surface area contributed by atoms with Crippen LogP contribution in [0.15, 0.2) is 81.6 Å². The average molecular weight is 519 g/mol. The van der Waals surface area contributed by atoms with Crippen LogP contribution in [0.5, 0.6) is 0 Å². The van der Waals surface area contributed by atoms with Crippen molar-refractivity contribution in [3.63, 3.8) is 0 Å². The first-order valence-corrected chi connectivity index (χ1v) is 13.5. The van der Waals surface area contributed by atoms with Crippen molar-refractivity contribution < 1.29 is 18.6 Å². The molecule has 0 amide bonds. The van der Waals surface area contributed by atoms with E-state index in [4.69, 9.17) is 18.5 Å². The minimum absolute atomic E-state index is 0.384. The number of nitrogens with zero attached hydrogens (tertiary/aromatic N) is 1. The lowest BCUT2D eigenvalue weighted by Gasteiger charge is -2.37. The third-order valence-corrected chi connectivity index (χ3v) is 8.97. The van der Waals surface area contributed by atoms with E-state index in [1.54, 1.807) is 25.2 Å². The van der Waals surface area contributed by atoms with Crippen molar-refractivity contribution in [2.75, 3.05) is 0 Å². The van der Waals surface area contributed by atoms with Crippen molar-refractivity contribution in [1.29, 1.82) is 0 Å². The highest BCUT2D eigenvalue weighted by Gasteiger charge is 2.35. The van der Waals surface area contributed by atoms with Gasteiger partial charge in [0.2, 0.25) is 5.89 Å². The van der Waals surface area contributed by atoms with Gasteiger partial charge in [-0.15, -0.1) is 11.3 Å². The predicted molar refractivity (Wildman–Crippen MR) is 158 cm³/mol. The molecule has 0 aliphatic rings. The van der Waals surface area contributed by atoms with E-state index in [1.807, 2.05) is 38.1 Å². The summed E-state index contributed by atoms with van der Waals surface area (Å²) in [6.07, 6.45) is 0. The summed E-state index contributed by atoms with van der Waals surface area (Å²) in [5.41, 5.74) is 3.39. The molecule has 3 heterocycles. The van der Waals surface area contributed by atoms with Crippen LogP contribution >= 0.6 is 11.3 Å². The zero-order chi connectivity index (χ0) is 26.2. The first kappa shape index (κ1) is 23.5. The van der Waals surface area contributed by atoms with E-state index in [9.17, 15) is 5.11 Å². The first-order chi connectivity index (χ1) is 18.2. The molecule has 38 heavy (non-hydrogen) atoms. The monoisotopic (exact) mass is 519 g/mol. The van der Waals surface area contributed by atoms with Gasteiger partial charge in [-0.3, -0.25) is 0 Å². The Labute approximate surface area is 223 Å². The van der Waals surface area contributed by atoms with E-state index < -0.39 is 11.2 Å². The molecule has 1 N–H and O–H groups in total. The quantitative estimate of drug-likeness (QED) is 0.242. The second-order valence-corrected chi connectivity index (χ2v) is 12.0. The number of hydrogen-bond donors (Lipinski definition) is 1. The molecular formula is C31H26BNO4S. The molecule has 0 radical (unpaired) electrons. The molecule has 7 heteroatoms. The lowest BCUT2D eigenvalue weighted by atomic mass is 9.82. The number of hydrogen-bond acceptors (Lipinski definition) is 6. The summed E-state index contributed by atoms with van der Waals surface area (Å²) < 4.78 is 21.0. The highest BCUT2D eigenvalue weighted by Crippen LogP contribution is 2.41. The van der Waals surface area contributed by atoms with Crippen LogP contribution in [0.1, 0.15) is 27.7 Å². The van der Waals surface area contributed by atoms with E-state index >= 15 is 0 Å². The number of thiophene rings is 1. The fourth-order valence-electron chi connectivity index (χ4n) is 4.81. The number of aliphatic hydroxyl groups is 1. The molecular weight excluding hydrogens is 493 g/mol. The van der Waals surface area contributed by atoms with Crippen LogP contribution in [0.2, 0.25) is 0 Å². The Morgan fingerprint density at radius 1 is 0.789 bits per heavy atom. The van der Waals surface area contributed by atoms with Gasteiger partial charge in [0.15, 0.2) is 5.58 Å². The van der Waals surface area contributed by atoms with Crippen LogP contribution in [0.3, 0.4) is 0 Å². The third-order valence-electron chi connectivity index (χ3n) is 7.75. The Hall–Kier alpha value is -3.65. The van der Waals surface area contributed by atoms with Crippen LogP contribution in [0, 0.1) is 0 Å². The molecule has 0 saturated carbocycles. The molecule has 0 atom stereocenters. The molecule has 0 bridgehead atoms. The zero-order valence-electron chi connectivity index (χ0n) is 21.7. The Balaban J connectivity index is 1.30. The van der Waals surface area contributed by atoms with Crippen molar-refractivity contribution in [1.82, 2.24) is 4.98 Å². The predicted octanol–water partition coefficient (Wildman–Crippen LogP) is 7.31. The van der Waals surface area contributed by atoms with E-state index in [1.165, 1.54) is 20.2 Å². The minimum atomic E-state index is -0.962. The van der Waals surface area contributed by atoms with E-state index in [2.05, 4.69) is 48.5 Å². The maximum atomic E-state index is 10.4. The van der Waals surface area contributed by atoms with Crippen molar-refractivity contribution in [2.24, 2.45) is 0 Å². The average Bonchev–Trinajstić information content (AvgIpc) is 3.57. The summed E-state index contributed by atoms with van der Waals surface area (Å²) in [4.78, 5) is 4.90. The lowest BCUT2D eigenvalue weighted by molar-refractivity contribution is -0.0893. The SMILES string of the molecule is CC(C)(O)C(C)(C)OBc1ccc2oc3cc4oc(-c5cccc6c5sc5ccccc56)nc4cc3c2c1. The van der Waals surface area contributed by atoms with Crippen molar-refractivity contribution in [3.8, 4) is 11.5 Å². The molecule has 7 aromatic rings. The highest BCUT2D eigenvalue weighted by molar-refractivity contribution is 7.26. The van der Waals surface area contributed by atoms with Crippen LogP contribution in [-0.4, -0.2) is 28.8 Å². The molecule has 0 spiro atoms. The molecule has 0 fully saturated rings. The number of aromatic nitrogens is 1. The van der Waals surface area contributed by atoms with Gasteiger partial charge in [0.05, 0.1) is 16.8 Å². The molecule has 0 aliphatic carbocycles. The van der Waals surface area contributed by atoms with Crippen LogP contribution in [-0.2, 0) is 4.65 Å². The summed E-state index contributed by atoms with van der Waals surface area (Å²) in [5, 5.41) is 14.9. The summed E-state index contributed by atoms with van der Waals surface area (Å²) in [5.74, 6) is 0.608. The van der Waals surface area contributed by atoms with Gasteiger partial charge in [-0.1, -0.05) is 47.9 Å². The Bertz CT molecular complexity index is 2010. The van der Waals surface area contributed by atoms with E-state index in [-0.39, 0.29) is 0 Å². The number of rotatable bonds is 5. The smallest absolute Gasteiger partial charge is 0.309 e. The second kappa shape index (κ2) is 8.17. The first-order valence-electron chi connectivity index (χ1n) is 12.7. The summed E-state index contributed by atoms with van der Waals surface area (Å²) >= 11 is 1.76. The van der Waals surface area contributed by atoms with Gasteiger partial charge in [0.25, 0.3) is 0 Å². The lowest BCUT2D eigenvalue weighted by Crippen LogP contribution is -2.49. The number of furan rings is 1. The molecule has 0 unspecified atom stereocenters. The van der Waals surface area contributed by atoms with Crippen molar-refractivity contribution >= 4 is 77.5 Å². The molecule has 0 aliphatic heterocycles. The highest BCUT2D eigenvalue weighted by atomic mass is 32.1. The zero-order valence-corrected chi connectivity index (χ0v) is 22.5. The van der Waals surface area contributed by atoms with Gasteiger partial charge in [-0.25, -0.2) is 4.98 Å². The normalized spacial score (nSPS) is 13.0. The van der Waals surface area contributed by atoms with Gasteiger partial charge < -0.3 is 18.6 Å². The molecule has 5 nitrogen and oxygen atoms in total. The summed E-state index contributed by atoms with van der Waals surface area (Å²) in [6.45, 7) is 7.32. The fraction of sp³-hybridized carbons (Fsp3) is 0.194. The molecule has 0 saturated heterocycles. The van der Waals surface area contributed by atoms with Crippen LogP contribution in [0.4, 0.5) is 0 Å². The minimum Gasteiger partial charge on any atom is -0.456 e.